The third kappa shape index (κ3) is 3.78. The Balaban J connectivity index is 1.92. The minimum absolute atomic E-state index is 0.0714. The molecule has 0 saturated heterocycles. The SMILES string of the molecule is COc1ccccc1/C=C/C(=O)c1c(-c2ccccc2)c2cc(Cl)ccc2[nH]c1=O. The molecule has 0 saturated carbocycles. The van der Waals surface area contributed by atoms with Crippen molar-refractivity contribution in [1.82, 2.24) is 4.98 Å². The molecule has 3 aromatic carbocycles. The molecule has 5 heteroatoms. The number of halogens is 1. The maximum absolute atomic E-state index is 13.2. The zero-order valence-electron chi connectivity index (χ0n) is 16.2. The maximum atomic E-state index is 13.2. The van der Waals surface area contributed by atoms with Crippen molar-refractivity contribution in [2.75, 3.05) is 7.11 Å². The van der Waals surface area contributed by atoms with Gasteiger partial charge in [0.2, 0.25) is 0 Å². The Hall–Kier alpha value is -3.63. The molecule has 148 valence electrons. The van der Waals surface area contributed by atoms with Crippen LogP contribution < -0.4 is 10.3 Å². The second-order valence-corrected chi connectivity index (χ2v) is 7.14. The molecule has 0 aliphatic rings. The van der Waals surface area contributed by atoms with Crippen LogP contribution >= 0.6 is 11.6 Å². The highest BCUT2D eigenvalue weighted by molar-refractivity contribution is 6.31. The van der Waals surface area contributed by atoms with E-state index in [1.165, 1.54) is 6.08 Å². The summed E-state index contributed by atoms with van der Waals surface area (Å²) in [6.07, 6.45) is 3.04. The summed E-state index contributed by atoms with van der Waals surface area (Å²) in [6, 6.07) is 21.9. The number of benzene rings is 3. The Bertz CT molecular complexity index is 1320. The average molecular weight is 416 g/mol. The molecular formula is C25H18ClNO3. The van der Waals surface area contributed by atoms with Gasteiger partial charge >= 0.3 is 0 Å². The maximum Gasteiger partial charge on any atom is 0.260 e. The van der Waals surface area contributed by atoms with Gasteiger partial charge in [-0.2, -0.15) is 0 Å². The summed E-state index contributed by atoms with van der Waals surface area (Å²) in [5.41, 5.74) is 2.32. The summed E-state index contributed by atoms with van der Waals surface area (Å²) in [4.78, 5) is 28.9. The average Bonchev–Trinajstić information content (AvgIpc) is 2.77. The Morgan fingerprint density at radius 3 is 2.50 bits per heavy atom. The minimum Gasteiger partial charge on any atom is -0.496 e. The third-order valence-electron chi connectivity index (χ3n) is 4.84. The van der Waals surface area contributed by atoms with Crippen molar-refractivity contribution < 1.29 is 9.53 Å². The van der Waals surface area contributed by atoms with Gasteiger partial charge in [0, 0.05) is 27.1 Å². The van der Waals surface area contributed by atoms with Gasteiger partial charge in [-0.3, -0.25) is 9.59 Å². The lowest BCUT2D eigenvalue weighted by atomic mass is 9.94. The Morgan fingerprint density at radius 2 is 1.73 bits per heavy atom. The van der Waals surface area contributed by atoms with Crippen molar-refractivity contribution in [3.8, 4) is 16.9 Å². The van der Waals surface area contributed by atoms with Gasteiger partial charge in [-0.05, 0) is 42.0 Å². The molecule has 0 atom stereocenters. The Labute approximate surface area is 178 Å². The summed E-state index contributed by atoms with van der Waals surface area (Å²) >= 11 is 6.22. The first-order valence-electron chi connectivity index (χ1n) is 9.35. The van der Waals surface area contributed by atoms with Gasteiger partial charge in [0.05, 0.1) is 12.7 Å². The smallest absolute Gasteiger partial charge is 0.260 e. The number of aromatic nitrogens is 1. The van der Waals surface area contributed by atoms with E-state index in [0.29, 0.717) is 27.2 Å². The number of hydrogen-bond donors (Lipinski definition) is 1. The minimum atomic E-state index is -0.446. The molecule has 0 aliphatic heterocycles. The van der Waals surface area contributed by atoms with Crippen molar-refractivity contribution in [1.29, 1.82) is 0 Å². The van der Waals surface area contributed by atoms with Gasteiger partial charge in [-0.25, -0.2) is 0 Å². The number of aromatic amines is 1. The molecule has 4 rings (SSSR count). The quantitative estimate of drug-likeness (QED) is 0.333. The number of fused-ring (bicyclic) bond motifs is 1. The van der Waals surface area contributed by atoms with Crippen LogP contribution in [0, 0.1) is 0 Å². The van der Waals surface area contributed by atoms with Crippen LogP contribution in [0.1, 0.15) is 15.9 Å². The van der Waals surface area contributed by atoms with E-state index in [4.69, 9.17) is 16.3 Å². The zero-order valence-corrected chi connectivity index (χ0v) is 16.9. The number of hydrogen-bond acceptors (Lipinski definition) is 3. The monoisotopic (exact) mass is 415 g/mol. The molecule has 4 nitrogen and oxygen atoms in total. The molecule has 4 aromatic rings. The Morgan fingerprint density at radius 1 is 1.00 bits per heavy atom. The van der Waals surface area contributed by atoms with Gasteiger partial charge in [-0.15, -0.1) is 0 Å². The fraction of sp³-hybridized carbons (Fsp3) is 0.0400. The predicted octanol–water partition coefficient (Wildman–Crippen LogP) is 5.75. The molecule has 0 aliphatic carbocycles. The number of carbonyl (C=O) groups is 1. The van der Waals surface area contributed by atoms with Crippen LogP contribution in [0.5, 0.6) is 5.75 Å². The number of ether oxygens (including phenoxy) is 1. The molecule has 0 bridgehead atoms. The van der Waals surface area contributed by atoms with E-state index in [-0.39, 0.29) is 5.56 Å². The highest BCUT2D eigenvalue weighted by Crippen LogP contribution is 2.31. The highest BCUT2D eigenvalue weighted by atomic mass is 35.5. The molecule has 0 radical (unpaired) electrons. The van der Waals surface area contributed by atoms with E-state index >= 15 is 0 Å². The number of pyridine rings is 1. The molecule has 0 amide bonds. The lowest BCUT2D eigenvalue weighted by Gasteiger charge is -2.12. The molecule has 0 fully saturated rings. The van der Waals surface area contributed by atoms with E-state index in [9.17, 15) is 9.59 Å². The number of para-hydroxylation sites is 1. The van der Waals surface area contributed by atoms with Crippen LogP contribution in [0.15, 0.2) is 83.7 Å². The van der Waals surface area contributed by atoms with E-state index in [0.717, 1.165) is 11.1 Å². The van der Waals surface area contributed by atoms with Crippen molar-refractivity contribution >= 4 is 34.4 Å². The van der Waals surface area contributed by atoms with E-state index in [1.54, 1.807) is 31.4 Å². The van der Waals surface area contributed by atoms with Crippen LogP contribution in [-0.2, 0) is 0 Å². The standard InChI is InChI=1S/C25H18ClNO3/c1-30-22-10-6-5-7-16(22)11-14-21(28)24-23(17-8-3-2-4-9-17)19-15-18(26)12-13-20(19)27-25(24)29/h2-15H,1H3,(H,27,29)/b14-11+. The van der Waals surface area contributed by atoms with Crippen LogP contribution in [-0.4, -0.2) is 17.9 Å². The molecular weight excluding hydrogens is 398 g/mol. The van der Waals surface area contributed by atoms with Crippen LogP contribution in [0.2, 0.25) is 5.02 Å². The topological polar surface area (TPSA) is 59.2 Å². The van der Waals surface area contributed by atoms with E-state index in [2.05, 4.69) is 4.98 Å². The van der Waals surface area contributed by atoms with Crippen LogP contribution in [0.4, 0.5) is 0 Å². The number of rotatable bonds is 5. The van der Waals surface area contributed by atoms with E-state index in [1.807, 2.05) is 54.6 Å². The molecule has 1 aromatic heterocycles. The number of methoxy groups -OCH3 is 1. The molecule has 1 heterocycles. The predicted molar refractivity (Wildman–Crippen MR) is 121 cm³/mol. The fourth-order valence-corrected chi connectivity index (χ4v) is 3.63. The van der Waals surface area contributed by atoms with Gasteiger partial charge in [0.25, 0.3) is 5.56 Å². The summed E-state index contributed by atoms with van der Waals surface area (Å²) < 4.78 is 5.33. The van der Waals surface area contributed by atoms with Crippen LogP contribution in [0.25, 0.3) is 28.1 Å². The number of carbonyl (C=O) groups excluding carboxylic acids is 1. The molecule has 30 heavy (non-hydrogen) atoms. The van der Waals surface area contributed by atoms with Crippen molar-refractivity contribution in [2.45, 2.75) is 0 Å². The zero-order chi connectivity index (χ0) is 21.1. The fourth-order valence-electron chi connectivity index (χ4n) is 3.46. The van der Waals surface area contributed by atoms with E-state index < -0.39 is 11.3 Å². The molecule has 0 unspecified atom stereocenters. The lowest BCUT2D eigenvalue weighted by Crippen LogP contribution is -2.18. The third-order valence-corrected chi connectivity index (χ3v) is 5.07. The molecule has 0 spiro atoms. The van der Waals surface area contributed by atoms with Crippen LogP contribution in [0.3, 0.4) is 0 Å². The first-order valence-corrected chi connectivity index (χ1v) is 9.72. The number of ketones is 1. The van der Waals surface area contributed by atoms with Gasteiger partial charge in [0.15, 0.2) is 5.78 Å². The number of allylic oxidation sites excluding steroid dienone is 1. The van der Waals surface area contributed by atoms with Gasteiger partial charge < -0.3 is 9.72 Å². The highest BCUT2D eigenvalue weighted by Gasteiger charge is 2.19. The second kappa shape index (κ2) is 8.39. The summed E-state index contributed by atoms with van der Waals surface area (Å²) in [5.74, 6) is 0.243. The number of nitrogens with one attached hydrogen (secondary N) is 1. The first-order chi connectivity index (χ1) is 14.6. The molecule has 1 N–H and O–H groups in total. The summed E-state index contributed by atoms with van der Waals surface area (Å²) in [6.45, 7) is 0. The second-order valence-electron chi connectivity index (χ2n) is 6.70. The number of H-pyrrole nitrogens is 1. The first kappa shape index (κ1) is 19.7. The normalized spacial score (nSPS) is 11.1. The summed E-state index contributed by atoms with van der Waals surface area (Å²) in [5, 5.41) is 1.23. The Kier molecular flexibility index (Phi) is 5.50. The van der Waals surface area contributed by atoms with Crippen molar-refractivity contribution in [2.24, 2.45) is 0 Å². The summed E-state index contributed by atoms with van der Waals surface area (Å²) in [7, 11) is 1.57. The van der Waals surface area contributed by atoms with Gasteiger partial charge in [-0.1, -0.05) is 60.1 Å². The van der Waals surface area contributed by atoms with Crippen molar-refractivity contribution in [3.05, 3.63) is 105 Å². The lowest BCUT2D eigenvalue weighted by molar-refractivity contribution is 0.104. The van der Waals surface area contributed by atoms with Gasteiger partial charge in [0.1, 0.15) is 5.75 Å². The largest absolute Gasteiger partial charge is 0.496 e. The van der Waals surface area contributed by atoms with Crippen molar-refractivity contribution in [3.63, 3.8) is 0 Å².